The van der Waals surface area contributed by atoms with E-state index in [0.29, 0.717) is 5.57 Å². The first-order valence-corrected chi connectivity index (χ1v) is 5.16. The van der Waals surface area contributed by atoms with Crippen LogP contribution in [0, 0.1) is 0 Å². The van der Waals surface area contributed by atoms with Gasteiger partial charge in [0.05, 0.1) is 0 Å². The van der Waals surface area contributed by atoms with Gasteiger partial charge in [-0.25, -0.2) is 9.59 Å². The number of hydrogen-bond donors (Lipinski definition) is 1. The summed E-state index contributed by atoms with van der Waals surface area (Å²) in [5.41, 5.74) is 2.23. The predicted octanol–water partition coefficient (Wildman–Crippen LogP) is 2.24. The van der Waals surface area contributed by atoms with Gasteiger partial charge in [0.2, 0.25) is 0 Å². The highest BCUT2D eigenvalue weighted by atomic mass is 16.4. The largest absolute Gasteiger partial charge is 0.478 e. The molecule has 0 atom stereocenters. The van der Waals surface area contributed by atoms with Gasteiger partial charge in [0.15, 0.2) is 0 Å². The first-order chi connectivity index (χ1) is 8.22. The lowest BCUT2D eigenvalue weighted by atomic mass is 9.89. The lowest BCUT2D eigenvalue weighted by Crippen LogP contribution is -2.06. The zero-order chi connectivity index (χ0) is 12.3. The molecule has 84 valence electrons. The molecule has 0 radical (unpaired) electrons. The van der Waals surface area contributed by atoms with Crippen molar-refractivity contribution in [3.63, 3.8) is 0 Å². The van der Waals surface area contributed by atoms with E-state index < -0.39 is 5.97 Å². The van der Waals surface area contributed by atoms with Crippen LogP contribution in [0.1, 0.15) is 12.0 Å². The SMILES string of the molecule is O=C=C1CC(C(=O)O)=CC=C1c1ccccc1. The van der Waals surface area contributed by atoms with E-state index in [1.54, 1.807) is 6.08 Å². The van der Waals surface area contributed by atoms with Crippen molar-refractivity contribution in [3.8, 4) is 0 Å². The van der Waals surface area contributed by atoms with E-state index in [4.69, 9.17) is 5.11 Å². The summed E-state index contributed by atoms with van der Waals surface area (Å²) in [5, 5.41) is 8.87. The van der Waals surface area contributed by atoms with E-state index >= 15 is 0 Å². The van der Waals surface area contributed by atoms with Crippen molar-refractivity contribution >= 4 is 17.5 Å². The van der Waals surface area contributed by atoms with Crippen LogP contribution in [0.5, 0.6) is 0 Å². The molecular weight excluding hydrogens is 216 g/mol. The molecule has 0 unspecified atom stereocenters. The fourth-order valence-corrected chi connectivity index (χ4v) is 1.76. The van der Waals surface area contributed by atoms with Gasteiger partial charge in [-0.05, 0) is 11.1 Å². The molecule has 0 saturated carbocycles. The molecule has 0 spiro atoms. The topological polar surface area (TPSA) is 54.4 Å². The molecule has 3 heteroatoms. The van der Waals surface area contributed by atoms with Gasteiger partial charge in [-0.1, -0.05) is 42.5 Å². The minimum atomic E-state index is -0.999. The number of aliphatic carboxylic acids is 1. The second-order valence-electron chi connectivity index (χ2n) is 3.70. The maximum atomic E-state index is 10.9. The van der Waals surface area contributed by atoms with Crippen LogP contribution in [0.4, 0.5) is 0 Å². The molecule has 17 heavy (non-hydrogen) atoms. The normalized spacial score (nSPS) is 14.7. The van der Waals surface area contributed by atoms with Crippen LogP contribution >= 0.6 is 0 Å². The molecule has 0 bridgehead atoms. The first kappa shape index (κ1) is 11.1. The van der Waals surface area contributed by atoms with Gasteiger partial charge in [-0.2, -0.15) is 0 Å². The number of carbonyl (C=O) groups is 1. The molecule has 0 aromatic heterocycles. The number of benzene rings is 1. The van der Waals surface area contributed by atoms with Crippen molar-refractivity contribution in [2.24, 2.45) is 0 Å². The van der Waals surface area contributed by atoms with Gasteiger partial charge in [0, 0.05) is 17.6 Å². The Bertz CT molecular complexity index is 558. The Kier molecular flexibility index (Phi) is 3.03. The summed E-state index contributed by atoms with van der Waals surface area (Å²) >= 11 is 0. The number of rotatable bonds is 2. The van der Waals surface area contributed by atoms with Crippen molar-refractivity contribution in [2.45, 2.75) is 6.42 Å². The summed E-state index contributed by atoms with van der Waals surface area (Å²) < 4.78 is 0. The van der Waals surface area contributed by atoms with Crippen molar-refractivity contribution in [1.82, 2.24) is 0 Å². The summed E-state index contributed by atoms with van der Waals surface area (Å²) in [6, 6.07) is 9.38. The Morgan fingerprint density at radius 1 is 1.18 bits per heavy atom. The third-order valence-corrected chi connectivity index (χ3v) is 2.63. The van der Waals surface area contributed by atoms with E-state index in [0.717, 1.165) is 11.1 Å². The van der Waals surface area contributed by atoms with Crippen molar-refractivity contribution in [2.75, 3.05) is 0 Å². The van der Waals surface area contributed by atoms with Crippen molar-refractivity contribution in [1.29, 1.82) is 0 Å². The summed E-state index contributed by atoms with van der Waals surface area (Å²) in [6.45, 7) is 0. The van der Waals surface area contributed by atoms with Crippen LogP contribution in [0.2, 0.25) is 0 Å². The molecule has 1 aromatic carbocycles. The zero-order valence-electron chi connectivity index (χ0n) is 9.01. The quantitative estimate of drug-likeness (QED) is 0.787. The highest BCUT2D eigenvalue weighted by molar-refractivity contribution is 5.96. The molecule has 0 saturated heterocycles. The number of hydrogen-bond acceptors (Lipinski definition) is 2. The highest BCUT2D eigenvalue weighted by Crippen LogP contribution is 2.30. The smallest absolute Gasteiger partial charge is 0.331 e. The van der Waals surface area contributed by atoms with Gasteiger partial charge in [0.25, 0.3) is 0 Å². The summed E-state index contributed by atoms with van der Waals surface area (Å²) in [5.74, 6) is 0.833. The van der Waals surface area contributed by atoms with Crippen LogP contribution in [0.15, 0.2) is 53.6 Å². The van der Waals surface area contributed by atoms with Crippen molar-refractivity contribution < 1.29 is 14.7 Å². The standard InChI is InChI=1S/C14H10O3/c15-9-12-8-11(14(16)17)6-7-13(12)10-4-2-1-3-5-10/h1-7H,8H2,(H,16,17). The zero-order valence-corrected chi connectivity index (χ0v) is 9.01. The number of carboxylic acid groups (broad SMARTS) is 1. The predicted molar refractivity (Wildman–Crippen MR) is 64.0 cm³/mol. The third-order valence-electron chi connectivity index (χ3n) is 2.63. The van der Waals surface area contributed by atoms with Gasteiger partial charge in [0.1, 0.15) is 5.94 Å². The Labute approximate surface area is 98.4 Å². The van der Waals surface area contributed by atoms with E-state index in [1.807, 2.05) is 36.3 Å². The average Bonchev–Trinajstić information content (AvgIpc) is 2.39. The maximum Gasteiger partial charge on any atom is 0.331 e. The van der Waals surface area contributed by atoms with Gasteiger partial charge >= 0.3 is 5.97 Å². The molecule has 0 fully saturated rings. The Morgan fingerprint density at radius 3 is 2.47 bits per heavy atom. The average molecular weight is 226 g/mol. The van der Waals surface area contributed by atoms with E-state index in [2.05, 4.69) is 0 Å². The highest BCUT2D eigenvalue weighted by Gasteiger charge is 2.18. The van der Waals surface area contributed by atoms with Crippen LogP contribution in [0.3, 0.4) is 0 Å². The summed E-state index contributed by atoms with van der Waals surface area (Å²) in [7, 11) is 0. The Balaban J connectivity index is 2.47. The first-order valence-electron chi connectivity index (χ1n) is 5.16. The molecule has 1 N–H and O–H groups in total. The van der Waals surface area contributed by atoms with E-state index in [-0.39, 0.29) is 12.0 Å². The minimum absolute atomic E-state index is 0.125. The second-order valence-corrected chi connectivity index (χ2v) is 3.70. The third kappa shape index (κ3) is 2.25. The monoisotopic (exact) mass is 226 g/mol. The Hall–Kier alpha value is -2.38. The molecule has 0 heterocycles. The number of allylic oxidation sites excluding steroid dienone is 4. The molecule has 3 nitrogen and oxygen atoms in total. The molecule has 2 rings (SSSR count). The van der Waals surface area contributed by atoms with E-state index in [1.165, 1.54) is 6.08 Å². The lowest BCUT2D eigenvalue weighted by Gasteiger charge is -2.13. The van der Waals surface area contributed by atoms with Crippen LogP contribution in [-0.2, 0) is 9.59 Å². The molecular formula is C14H10O3. The Morgan fingerprint density at radius 2 is 1.88 bits per heavy atom. The lowest BCUT2D eigenvalue weighted by molar-refractivity contribution is -0.132. The summed E-state index contributed by atoms with van der Waals surface area (Å²) in [6.07, 6.45) is 3.31. The molecule has 1 aliphatic carbocycles. The fourth-order valence-electron chi connectivity index (χ4n) is 1.76. The summed E-state index contributed by atoms with van der Waals surface area (Å²) in [4.78, 5) is 21.7. The maximum absolute atomic E-state index is 10.9. The van der Waals surface area contributed by atoms with Gasteiger partial charge in [-0.15, -0.1) is 0 Å². The molecule has 1 aliphatic rings. The number of carbonyl (C=O) groups excluding carboxylic acids is 1. The van der Waals surface area contributed by atoms with Gasteiger partial charge < -0.3 is 5.11 Å². The van der Waals surface area contributed by atoms with Crippen LogP contribution < -0.4 is 0 Å². The van der Waals surface area contributed by atoms with Crippen molar-refractivity contribution in [3.05, 3.63) is 59.2 Å². The minimum Gasteiger partial charge on any atom is -0.478 e. The van der Waals surface area contributed by atoms with Gasteiger partial charge in [-0.3, -0.25) is 0 Å². The molecule has 0 aliphatic heterocycles. The number of carboxylic acids is 1. The van der Waals surface area contributed by atoms with E-state index in [9.17, 15) is 9.59 Å². The molecule has 0 amide bonds. The fraction of sp³-hybridized carbons (Fsp3) is 0.0714. The second kappa shape index (κ2) is 4.64. The van der Waals surface area contributed by atoms with Crippen LogP contribution in [-0.4, -0.2) is 17.0 Å². The van der Waals surface area contributed by atoms with Crippen LogP contribution in [0.25, 0.3) is 5.57 Å². The molecule has 1 aromatic rings.